The number of aromatic hydroxyl groups is 1. The first-order valence-electron chi connectivity index (χ1n) is 17.5. The van der Waals surface area contributed by atoms with E-state index < -0.39 is 65.7 Å². The molecule has 1 atom stereocenters. The first-order chi connectivity index (χ1) is 28.1. The number of rotatable bonds is 15. The fraction of sp³-hybridized carbons (Fsp3) is 0.122. The molecule has 0 aliphatic rings. The maximum Gasteiger partial charge on any atom is 0.335 e. The Bertz CT molecular complexity index is 2480. The first-order valence-corrected chi connectivity index (χ1v) is 18.3. The van der Waals surface area contributed by atoms with Gasteiger partial charge in [-0.2, -0.15) is 5.26 Å². The van der Waals surface area contributed by atoms with Crippen LogP contribution in [0.1, 0.15) is 76.2 Å². The van der Waals surface area contributed by atoms with Crippen molar-refractivity contribution in [3.05, 3.63) is 129 Å². The summed E-state index contributed by atoms with van der Waals surface area (Å²) >= 11 is 1.03. The van der Waals surface area contributed by atoms with Gasteiger partial charge in [-0.3, -0.25) is 28.8 Å². The van der Waals surface area contributed by atoms with Crippen LogP contribution in [0.15, 0.2) is 97.1 Å². The predicted octanol–water partition coefficient (Wildman–Crippen LogP) is 5.18. The molecule has 0 radical (unpaired) electrons. The van der Waals surface area contributed by atoms with Gasteiger partial charge in [-0.1, -0.05) is 0 Å². The molecule has 1 aromatic heterocycles. The van der Waals surface area contributed by atoms with Crippen molar-refractivity contribution in [2.75, 3.05) is 21.3 Å². The number of hydrogen-bond donors (Lipinski definition) is 8. The van der Waals surface area contributed by atoms with Gasteiger partial charge in [-0.25, -0.2) is 4.79 Å². The normalized spacial score (nSPS) is 11.0. The van der Waals surface area contributed by atoms with Crippen molar-refractivity contribution in [2.45, 2.75) is 32.4 Å². The number of phenolic OH excluding ortho intramolecular Hbond substituents is 1. The van der Waals surface area contributed by atoms with Gasteiger partial charge in [0.05, 0.1) is 34.2 Å². The number of anilines is 4. The van der Waals surface area contributed by atoms with Crippen LogP contribution in [0.5, 0.6) is 11.5 Å². The molecule has 0 saturated carbocycles. The highest BCUT2D eigenvalue weighted by Gasteiger charge is 2.25. The molecular formula is C41H35N7O10S. The molecule has 0 saturated heterocycles. The summed E-state index contributed by atoms with van der Waals surface area (Å²) in [6, 6.07) is 23.0. The first kappa shape index (κ1) is 42.1. The maximum atomic E-state index is 13.3. The number of amides is 6. The summed E-state index contributed by atoms with van der Waals surface area (Å²) in [6.45, 7) is 3.35. The van der Waals surface area contributed by atoms with Crippen molar-refractivity contribution >= 4 is 75.5 Å². The minimum atomic E-state index is -1.38. The van der Waals surface area contributed by atoms with E-state index in [0.717, 1.165) is 11.3 Å². The number of nitrogens with two attached hydrogens (primary N) is 1. The summed E-state index contributed by atoms with van der Waals surface area (Å²) in [6.07, 6.45) is -1.02. The Labute approximate surface area is 339 Å². The molecule has 9 N–H and O–H groups in total. The maximum absolute atomic E-state index is 13.3. The van der Waals surface area contributed by atoms with Crippen LogP contribution < -0.4 is 37.1 Å². The van der Waals surface area contributed by atoms with Gasteiger partial charge in [0, 0.05) is 28.2 Å². The number of nitriles is 1. The molecule has 0 aliphatic heterocycles. The molecule has 5 aromatic rings. The molecule has 1 unspecified atom stereocenters. The number of hydrogen-bond acceptors (Lipinski definition) is 11. The number of carbonyl (C=O) groups excluding carboxylic acids is 6. The predicted molar refractivity (Wildman–Crippen MR) is 217 cm³/mol. The van der Waals surface area contributed by atoms with Crippen molar-refractivity contribution in [3.8, 4) is 17.6 Å². The van der Waals surface area contributed by atoms with Crippen LogP contribution in [0.2, 0.25) is 0 Å². The number of ether oxygens (including phenoxy) is 1. The number of carbonyl (C=O) groups is 7. The number of benzene rings is 4. The van der Waals surface area contributed by atoms with E-state index in [1.165, 1.54) is 97.1 Å². The zero-order chi connectivity index (χ0) is 42.8. The number of carboxylic acids is 1. The van der Waals surface area contributed by atoms with Gasteiger partial charge in [-0.15, -0.1) is 11.3 Å². The topological polar surface area (TPSA) is 279 Å². The van der Waals surface area contributed by atoms with Crippen LogP contribution in [0.4, 0.5) is 22.7 Å². The highest BCUT2D eigenvalue weighted by molar-refractivity contribution is 7.14. The Kier molecular flexibility index (Phi) is 13.4. The molecule has 59 heavy (non-hydrogen) atoms. The van der Waals surface area contributed by atoms with Crippen LogP contribution in [0.3, 0.4) is 0 Å². The number of nitrogens with one attached hydrogen (secondary N) is 5. The number of carboxylic acid groups (broad SMARTS) is 1. The fourth-order valence-corrected chi connectivity index (χ4v) is 6.00. The average molecular weight is 818 g/mol. The fourth-order valence-electron chi connectivity index (χ4n) is 5.30. The number of aromatic carboxylic acids is 1. The third kappa shape index (κ3) is 11.1. The lowest BCUT2D eigenvalue weighted by molar-refractivity contribution is -0.123. The van der Waals surface area contributed by atoms with E-state index in [1.807, 2.05) is 6.07 Å². The summed E-state index contributed by atoms with van der Waals surface area (Å²) < 4.78 is 5.76. The van der Waals surface area contributed by atoms with E-state index >= 15 is 0 Å². The number of primary amides is 1. The van der Waals surface area contributed by atoms with Crippen molar-refractivity contribution in [1.29, 1.82) is 5.26 Å². The molecule has 0 bridgehead atoms. The summed E-state index contributed by atoms with van der Waals surface area (Å²) in [5.41, 5.74) is 6.32. The van der Waals surface area contributed by atoms with Crippen molar-refractivity contribution in [1.82, 2.24) is 5.32 Å². The van der Waals surface area contributed by atoms with Gasteiger partial charge in [0.25, 0.3) is 23.6 Å². The van der Waals surface area contributed by atoms with Crippen LogP contribution in [0, 0.1) is 11.3 Å². The van der Waals surface area contributed by atoms with Crippen molar-refractivity contribution < 1.29 is 48.5 Å². The van der Waals surface area contributed by atoms with Crippen molar-refractivity contribution in [2.24, 2.45) is 5.73 Å². The second-order valence-corrected chi connectivity index (χ2v) is 13.9. The molecular weight excluding hydrogens is 783 g/mol. The van der Waals surface area contributed by atoms with E-state index in [4.69, 9.17) is 20.8 Å². The molecule has 1 heterocycles. The van der Waals surface area contributed by atoms with Gasteiger partial charge in [0.15, 0.2) is 11.5 Å². The molecule has 300 valence electrons. The van der Waals surface area contributed by atoms with Gasteiger partial charge in [0.1, 0.15) is 17.0 Å². The lowest BCUT2D eigenvalue weighted by Gasteiger charge is -2.19. The third-order valence-corrected chi connectivity index (χ3v) is 9.14. The van der Waals surface area contributed by atoms with E-state index in [2.05, 4.69) is 26.6 Å². The standard InChI is InChI=1S/C41H35N7O10S/c1-21(2)58-35-30(17-16-29(34(35)50)38(53)44-25-13-7-24(8-14-25)41(56)57)47-36(51)22-3-9-26(10-4-22)45-39(54)31(19-33(43)49)48-37(52)23-5-11-27(12-6-23)46-40(55)32-18-15-28(20-42)59-32/h3-18,21,31,50H,19H2,1-2H3,(H2,43,49)(H,44,53)(H,45,54)(H,46,55)(H,47,51)(H,48,52)(H,56,57). The van der Waals surface area contributed by atoms with Crippen LogP contribution >= 0.6 is 11.3 Å². The Morgan fingerprint density at radius 1 is 0.695 bits per heavy atom. The Hall–Kier alpha value is -8.04. The van der Waals surface area contributed by atoms with E-state index in [-0.39, 0.29) is 45.1 Å². The second-order valence-electron chi connectivity index (χ2n) is 12.9. The molecule has 6 amide bonds. The summed E-state index contributed by atoms with van der Waals surface area (Å²) in [5.74, 6) is -6.03. The summed E-state index contributed by atoms with van der Waals surface area (Å²) in [7, 11) is 0. The van der Waals surface area contributed by atoms with Crippen molar-refractivity contribution in [3.63, 3.8) is 0 Å². The summed E-state index contributed by atoms with van der Waals surface area (Å²) in [5, 5.41) is 42.1. The molecule has 0 spiro atoms. The van der Waals surface area contributed by atoms with E-state index in [9.17, 15) is 38.7 Å². The Morgan fingerprint density at radius 2 is 1.24 bits per heavy atom. The highest BCUT2D eigenvalue weighted by atomic mass is 32.1. The van der Waals surface area contributed by atoms with Gasteiger partial charge < -0.3 is 47.3 Å². The smallest absolute Gasteiger partial charge is 0.335 e. The zero-order valence-electron chi connectivity index (χ0n) is 31.2. The second kappa shape index (κ2) is 18.7. The number of thiophene rings is 1. The van der Waals surface area contributed by atoms with Crippen LogP contribution in [-0.2, 0) is 9.59 Å². The average Bonchev–Trinajstić information content (AvgIpc) is 3.69. The monoisotopic (exact) mass is 817 g/mol. The lowest BCUT2D eigenvalue weighted by Crippen LogP contribution is -2.46. The van der Waals surface area contributed by atoms with Gasteiger partial charge in [0.2, 0.25) is 11.8 Å². The quantitative estimate of drug-likeness (QED) is 0.0681. The molecule has 0 aliphatic carbocycles. The Balaban J connectivity index is 1.22. The van der Waals surface area contributed by atoms with E-state index in [1.54, 1.807) is 13.8 Å². The van der Waals surface area contributed by atoms with E-state index in [0.29, 0.717) is 15.4 Å². The lowest BCUT2D eigenvalue weighted by atomic mass is 10.1. The molecule has 17 nitrogen and oxygen atoms in total. The highest BCUT2D eigenvalue weighted by Crippen LogP contribution is 2.39. The molecule has 0 fully saturated rings. The Morgan fingerprint density at radius 3 is 1.76 bits per heavy atom. The minimum absolute atomic E-state index is 0.0201. The zero-order valence-corrected chi connectivity index (χ0v) is 32.0. The number of nitrogens with zero attached hydrogens (tertiary/aromatic N) is 1. The number of phenols is 1. The largest absolute Gasteiger partial charge is 0.504 e. The third-order valence-electron chi connectivity index (χ3n) is 8.15. The van der Waals surface area contributed by atoms with Crippen LogP contribution in [-0.4, -0.2) is 63.8 Å². The van der Waals surface area contributed by atoms with Gasteiger partial charge >= 0.3 is 5.97 Å². The summed E-state index contributed by atoms with van der Waals surface area (Å²) in [4.78, 5) is 88.7. The molecule has 5 rings (SSSR count). The molecule has 18 heteroatoms. The van der Waals surface area contributed by atoms with Gasteiger partial charge in [-0.05, 0) is 111 Å². The van der Waals surface area contributed by atoms with Crippen LogP contribution in [0.25, 0.3) is 0 Å². The molecule has 4 aromatic carbocycles. The SMILES string of the molecule is CC(C)Oc1c(NC(=O)c2ccc(NC(=O)C(CC(N)=O)NC(=O)c3ccc(NC(=O)c4ccc(C#N)s4)cc3)cc2)ccc(C(=O)Nc2ccc(C(=O)O)cc2)c1O. The minimum Gasteiger partial charge on any atom is -0.504 e.